The summed E-state index contributed by atoms with van der Waals surface area (Å²) in [6.07, 6.45) is 0. The third-order valence-corrected chi connectivity index (χ3v) is 5.49. The van der Waals surface area contributed by atoms with Crippen LogP contribution in [0.5, 0.6) is 0 Å². The first-order chi connectivity index (χ1) is 13.6. The number of piperazine rings is 1. The summed E-state index contributed by atoms with van der Waals surface area (Å²) in [7, 11) is 1.80. The minimum Gasteiger partial charge on any atom is -0.335 e. The van der Waals surface area contributed by atoms with Crippen LogP contribution in [-0.2, 0) is 13.6 Å². The van der Waals surface area contributed by atoms with Gasteiger partial charge in [-0.2, -0.15) is 5.10 Å². The van der Waals surface area contributed by atoms with E-state index in [9.17, 15) is 4.79 Å². The van der Waals surface area contributed by atoms with Gasteiger partial charge in [-0.15, -0.1) is 0 Å². The third-order valence-electron chi connectivity index (χ3n) is 5.16. The smallest absolute Gasteiger partial charge is 0.272 e. The minimum atomic E-state index is 0.0210. The molecule has 3 aromatic rings. The third kappa shape index (κ3) is 3.96. The molecule has 1 aliphatic heterocycles. The molecule has 1 aliphatic rings. The van der Waals surface area contributed by atoms with E-state index in [1.54, 1.807) is 11.7 Å². The van der Waals surface area contributed by atoms with Gasteiger partial charge in [-0.1, -0.05) is 60.1 Å². The molecular weight excluding hydrogens is 372 g/mol. The fourth-order valence-electron chi connectivity index (χ4n) is 3.58. The molecule has 2 aromatic carbocycles. The van der Waals surface area contributed by atoms with Gasteiger partial charge in [0.05, 0.1) is 10.7 Å². The van der Waals surface area contributed by atoms with Crippen molar-refractivity contribution >= 4 is 17.5 Å². The Kier molecular flexibility index (Phi) is 5.46. The van der Waals surface area contributed by atoms with E-state index in [0.29, 0.717) is 10.7 Å². The first-order valence-corrected chi connectivity index (χ1v) is 9.84. The van der Waals surface area contributed by atoms with E-state index in [1.165, 1.54) is 5.56 Å². The molecule has 6 heteroatoms. The molecule has 0 spiro atoms. The van der Waals surface area contributed by atoms with E-state index in [2.05, 4.69) is 34.3 Å². The molecule has 1 aromatic heterocycles. The zero-order valence-corrected chi connectivity index (χ0v) is 16.6. The highest BCUT2D eigenvalue weighted by Gasteiger charge is 2.25. The monoisotopic (exact) mass is 394 g/mol. The van der Waals surface area contributed by atoms with Crippen LogP contribution in [-0.4, -0.2) is 51.7 Å². The van der Waals surface area contributed by atoms with Gasteiger partial charge in [0.25, 0.3) is 5.91 Å². The van der Waals surface area contributed by atoms with Crippen molar-refractivity contribution < 1.29 is 4.79 Å². The van der Waals surface area contributed by atoms with Crippen LogP contribution in [0.2, 0.25) is 5.02 Å². The van der Waals surface area contributed by atoms with Gasteiger partial charge in [0.2, 0.25) is 0 Å². The van der Waals surface area contributed by atoms with Gasteiger partial charge in [-0.05, 0) is 17.7 Å². The highest BCUT2D eigenvalue weighted by Crippen LogP contribution is 2.27. The Hall–Kier alpha value is -2.63. The number of carbonyl (C=O) groups excluding carboxylic acids is 1. The number of hydrogen-bond acceptors (Lipinski definition) is 3. The summed E-state index contributed by atoms with van der Waals surface area (Å²) in [6.45, 7) is 4.10. The fraction of sp³-hybridized carbons (Fsp3) is 0.273. The number of carbonyl (C=O) groups is 1. The van der Waals surface area contributed by atoms with Crippen molar-refractivity contribution in [2.24, 2.45) is 7.05 Å². The second kappa shape index (κ2) is 8.17. The molecule has 0 aliphatic carbocycles. The van der Waals surface area contributed by atoms with Gasteiger partial charge in [0.1, 0.15) is 5.69 Å². The Morgan fingerprint density at radius 3 is 2.39 bits per heavy atom. The van der Waals surface area contributed by atoms with Gasteiger partial charge in [-0.3, -0.25) is 14.4 Å². The lowest BCUT2D eigenvalue weighted by Gasteiger charge is -2.34. The summed E-state index contributed by atoms with van der Waals surface area (Å²) < 4.78 is 1.65. The van der Waals surface area contributed by atoms with Crippen molar-refractivity contribution in [2.45, 2.75) is 6.54 Å². The quantitative estimate of drug-likeness (QED) is 0.677. The predicted molar refractivity (Wildman–Crippen MR) is 111 cm³/mol. The highest BCUT2D eigenvalue weighted by atomic mass is 35.5. The van der Waals surface area contributed by atoms with Gasteiger partial charge < -0.3 is 4.90 Å². The molecule has 0 atom stereocenters. The summed E-state index contributed by atoms with van der Waals surface area (Å²) in [4.78, 5) is 17.3. The number of hydrogen-bond donors (Lipinski definition) is 0. The SMILES string of the molecule is Cn1nc(-c2ccccc2Cl)cc1C(=O)N1CCN(Cc2ccccc2)CC1. The second-order valence-corrected chi connectivity index (χ2v) is 7.48. The molecule has 0 N–H and O–H groups in total. The zero-order chi connectivity index (χ0) is 19.5. The summed E-state index contributed by atoms with van der Waals surface area (Å²) in [6, 6.07) is 19.8. The summed E-state index contributed by atoms with van der Waals surface area (Å²) in [5, 5.41) is 5.14. The van der Waals surface area contributed by atoms with E-state index in [-0.39, 0.29) is 5.91 Å². The Morgan fingerprint density at radius 2 is 1.68 bits per heavy atom. The lowest BCUT2D eigenvalue weighted by Crippen LogP contribution is -2.48. The Bertz CT molecular complexity index is 962. The van der Waals surface area contributed by atoms with Crippen LogP contribution in [0, 0.1) is 0 Å². The van der Waals surface area contributed by atoms with E-state index in [4.69, 9.17) is 11.6 Å². The molecule has 4 rings (SSSR count). The summed E-state index contributed by atoms with van der Waals surface area (Å²) in [5.41, 5.74) is 3.45. The van der Waals surface area contributed by atoms with Crippen molar-refractivity contribution in [3.05, 3.63) is 76.9 Å². The molecule has 1 amide bonds. The number of benzene rings is 2. The van der Waals surface area contributed by atoms with Crippen LogP contribution in [0.4, 0.5) is 0 Å². The van der Waals surface area contributed by atoms with Gasteiger partial charge in [0, 0.05) is 45.3 Å². The maximum absolute atomic E-state index is 13.0. The zero-order valence-electron chi connectivity index (χ0n) is 15.9. The second-order valence-electron chi connectivity index (χ2n) is 7.07. The number of halogens is 1. The average Bonchev–Trinajstić information content (AvgIpc) is 3.10. The maximum atomic E-state index is 13.0. The Balaban J connectivity index is 1.42. The number of aryl methyl sites for hydroxylation is 1. The number of aromatic nitrogens is 2. The van der Waals surface area contributed by atoms with Crippen LogP contribution in [0.1, 0.15) is 16.1 Å². The van der Waals surface area contributed by atoms with Crippen LogP contribution in [0.15, 0.2) is 60.7 Å². The van der Waals surface area contributed by atoms with Crippen molar-refractivity contribution in [3.63, 3.8) is 0 Å². The van der Waals surface area contributed by atoms with Crippen LogP contribution in [0.3, 0.4) is 0 Å². The topological polar surface area (TPSA) is 41.4 Å². The first kappa shape index (κ1) is 18.7. The van der Waals surface area contributed by atoms with Crippen molar-refractivity contribution in [2.75, 3.05) is 26.2 Å². The molecular formula is C22H23ClN4O. The molecule has 0 unspecified atom stereocenters. The summed E-state index contributed by atoms with van der Waals surface area (Å²) in [5.74, 6) is 0.0210. The van der Waals surface area contributed by atoms with Crippen LogP contribution in [0.25, 0.3) is 11.3 Å². The highest BCUT2D eigenvalue weighted by molar-refractivity contribution is 6.33. The normalized spacial score (nSPS) is 15.0. The van der Waals surface area contributed by atoms with Crippen LogP contribution >= 0.6 is 11.6 Å². The average molecular weight is 395 g/mol. The lowest BCUT2D eigenvalue weighted by atomic mass is 10.1. The van der Waals surface area contributed by atoms with Gasteiger partial charge in [-0.25, -0.2) is 0 Å². The lowest BCUT2D eigenvalue weighted by molar-refractivity contribution is 0.0618. The van der Waals surface area contributed by atoms with E-state index in [1.807, 2.05) is 41.3 Å². The predicted octanol–water partition coefficient (Wildman–Crippen LogP) is 3.70. The number of nitrogens with zero attached hydrogens (tertiary/aromatic N) is 4. The molecule has 1 fully saturated rings. The molecule has 2 heterocycles. The first-order valence-electron chi connectivity index (χ1n) is 9.46. The minimum absolute atomic E-state index is 0.0210. The van der Waals surface area contributed by atoms with E-state index < -0.39 is 0 Å². The largest absolute Gasteiger partial charge is 0.335 e. The molecule has 1 saturated heterocycles. The van der Waals surface area contributed by atoms with Crippen molar-refractivity contribution in [1.82, 2.24) is 19.6 Å². The van der Waals surface area contributed by atoms with E-state index in [0.717, 1.165) is 44.0 Å². The molecule has 28 heavy (non-hydrogen) atoms. The van der Waals surface area contributed by atoms with E-state index >= 15 is 0 Å². The standard InChI is InChI=1S/C22H23ClN4O/c1-25-21(15-20(24-25)18-9-5-6-10-19(18)23)22(28)27-13-11-26(12-14-27)16-17-7-3-2-4-8-17/h2-10,15H,11-14,16H2,1H3. The number of rotatable bonds is 4. The maximum Gasteiger partial charge on any atom is 0.272 e. The molecule has 5 nitrogen and oxygen atoms in total. The van der Waals surface area contributed by atoms with Crippen molar-refractivity contribution in [3.8, 4) is 11.3 Å². The molecule has 0 saturated carbocycles. The Labute approximate surface area is 170 Å². The van der Waals surface area contributed by atoms with Crippen LogP contribution < -0.4 is 0 Å². The van der Waals surface area contributed by atoms with Crippen molar-refractivity contribution in [1.29, 1.82) is 0 Å². The number of amides is 1. The van der Waals surface area contributed by atoms with Gasteiger partial charge >= 0.3 is 0 Å². The molecule has 0 bridgehead atoms. The fourth-order valence-corrected chi connectivity index (χ4v) is 3.81. The molecule has 144 valence electrons. The summed E-state index contributed by atoms with van der Waals surface area (Å²) >= 11 is 6.28. The molecule has 0 radical (unpaired) electrons. The Morgan fingerprint density at radius 1 is 1.00 bits per heavy atom. The van der Waals surface area contributed by atoms with Gasteiger partial charge in [0.15, 0.2) is 0 Å².